The Kier molecular flexibility index (Phi) is 5.90. The molecule has 1 saturated heterocycles. The molecule has 0 spiro atoms. The van der Waals surface area contributed by atoms with E-state index < -0.39 is 15.7 Å². The number of benzene rings is 1. The third kappa shape index (κ3) is 4.37. The van der Waals surface area contributed by atoms with Crippen LogP contribution >= 0.6 is 11.6 Å². The van der Waals surface area contributed by atoms with Crippen molar-refractivity contribution < 1.29 is 8.95 Å². The van der Waals surface area contributed by atoms with Crippen LogP contribution in [0.4, 0.5) is 0 Å². The first kappa shape index (κ1) is 22.6. The summed E-state index contributed by atoms with van der Waals surface area (Å²) in [4.78, 5) is 18.8. The van der Waals surface area contributed by atoms with Crippen LogP contribution < -0.4 is 5.56 Å². The van der Waals surface area contributed by atoms with Gasteiger partial charge < -0.3 is 4.74 Å². The zero-order valence-electron chi connectivity index (χ0n) is 18.8. The minimum Gasteiger partial charge on any atom is -0.381 e. The predicted octanol–water partition coefficient (Wildman–Crippen LogP) is 4.72. The number of fused-ring (bicyclic) bond motifs is 1. The molecular formula is C23H30ClN3O3S. The second-order valence-electron chi connectivity index (χ2n) is 9.90. The first-order valence-electron chi connectivity index (χ1n) is 10.8. The van der Waals surface area contributed by atoms with Crippen LogP contribution in [-0.2, 0) is 21.1 Å². The Hall–Kier alpha value is -1.57. The molecule has 0 radical (unpaired) electrons. The highest BCUT2D eigenvalue weighted by molar-refractivity contribution is 7.85. The number of halogens is 1. The van der Waals surface area contributed by atoms with Crippen molar-refractivity contribution in [1.82, 2.24) is 9.55 Å². The normalized spacial score (nSPS) is 20.8. The smallest absolute Gasteiger partial charge is 0.261 e. The van der Waals surface area contributed by atoms with Crippen LogP contribution in [0.5, 0.6) is 0 Å². The van der Waals surface area contributed by atoms with Gasteiger partial charge in [-0.15, -0.1) is 0 Å². The molecule has 0 N–H and O–H groups in total. The summed E-state index contributed by atoms with van der Waals surface area (Å²) in [5, 5.41) is 0.940. The first-order valence-corrected chi connectivity index (χ1v) is 12.3. The van der Waals surface area contributed by atoms with Crippen molar-refractivity contribution >= 4 is 39.2 Å². The second-order valence-corrected chi connectivity index (χ2v) is 12.2. The molecule has 2 aliphatic rings. The van der Waals surface area contributed by atoms with Gasteiger partial charge in [-0.25, -0.2) is 9.19 Å². The van der Waals surface area contributed by atoms with Crippen molar-refractivity contribution in [3.05, 3.63) is 38.9 Å². The molecule has 0 bridgehead atoms. The van der Waals surface area contributed by atoms with E-state index in [1.165, 1.54) is 0 Å². The average molecular weight is 464 g/mol. The van der Waals surface area contributed by atoms with Gasteiger partial charge in [-0.3, -0.25) is 9.36 Å². The lowest BCUT2D eigenvalue weighted by Gasteiger charge is -2.35. The highest BCUT2D eigenvalue weighted by atomic mass is 35.5. The molecule has 0 unspecified atom stereocenters. The predicted molar refractivity (Wildman–Crippen MR) is 127 cm³/mol. The molecule has 2 aromatic rings. The monoisotopic (exact) mass is 463 g/mol. The molecule has 1 aromatic heterocycles. The third-order valence-electron chi connectivity index (χ3n) is 6.15. The van der Waals surface area contributed by atoms with Gasteiger partial charge in [0.15, 0.2) is 0 Å². The van der Waals surface area contributed by atoms with Crippen LogP contribution in [0.3, 0.4) is 0 Å². The molecule has 8 heteroatoms. The highest BCUT2D eigenvalue weighted by Gasteiger charge is 2.38. The average Bonchev–Trinajstić information content (AvgIpc) is 3.52. The van der Waals surface area contributed by atoms with Crippen LogP contribution in [0, 0.1) is 0 Å². The van der Waals surface area contributed by atoms with Gasteiger partial charge in [0, 0.05) is 35.3 Å². The lowest BCUT2D eigenvalue weighted by Crippen LogP contribution is -2.38. The second kappa shape index (κ2) is 8.09. The fourth-order valence-electron chi connectivity index (χ4n) is 4.00. The van der Waals surface area contributed by atoms with Crippen molar-refractivity contribution in [2.24, 2.45) is 4.40 Å². The summed E-state index contributed by atoms with van der Waals surface area (Å²) >= 11 is 6.41. The minimum absolute atomic E-state index is 0.0521. The Balaban J connectivity index is 1.98. The van der Waals surface area contributed by atoms with Crippen molar-refractivity contribution in [2.75, 3.05) is 13.2 Å². The Morgan fingerprint density at radius 3 is 2.52 bits per heavy atom. The molecule has 1 aliphatic heterocycles. The maximum atomic E-state index is 13.7. The molecule has 0 amide bonds. The van der Waals surface area contributed by atoms with E-state index in [1.807, 2.05) is 25.3 Å². The number of aromatic nitrogens is 2. The van der Waals surface area contributed by atoms with Crippen LogP contribution in [-0.4, -0.2) is 37.4 Å². The van der Waals surface area contributed by atoms with Gasteiger partial charge >= 0.3 is 0 Å². The highest BCUT2D eigenvalue weighted by Crippen LogP contribution is 2.41. The van der Waals surface area contributed by atoms with Crippen LogP contribution in [0.1, 0.15) is 77.7 Å². The Morgan fingerprint density at radius 2 is 1.94 bits per heavy atom. The van der Waals surface area contributed by atoms with E-state index >= 15 is 0 Å². The SMILES string of the molecule is CC(=N[S@](=O)C(C)(C)C)c1cc(Cl)cc2c(=O)n(C3CC3)c(C3(C)CCOCC3)nc12. The summed E-state index contributed by atoms with van der Waals surface area (Å²) < 4.78 is 24.1. The van der Waals surface area contributed by atoms with Crippen molar-refractivity contribution in [1.29, 1.82) is 0 Å². The summed E-state index contributed by atoms with van der Waals surface area (Å²) in [6.45, 7) is 10.9. The Labute approximate surface area is 190 Å². The zero-order valence-corrected chi connectivity index (χ0v) is 20.4. The van der Waals surface area contributed by atoms with Crippen LogP contribution in [0.15, 0.2) is 21.3 Å². The number of ether oxygens (including phenoxy) is 1. The van der Waals surface area contributed by atoms with Gasteiger partial charge in [0.2, 0.25) is 0 Å². The summed E-state index contributed by atoms with van der Waals surface area (Å²) in [7, 11) is -1.43. The van der Waals surface area contributed by atoms with E-state index in [-0.39, 0.29) is 17.0 Å². The van der Waals surface area contributed by atoms with E-state index in [0.717, 1.165) is 31.5 Å². The topological polar surface area (TPSA) is 73.5 Å². The van der Waals surface area contributed by atoms with Crippen molar-refractivity contribution in [3.63, 3.8) is 0 Å². The molecule has 1 aliphatic carbocycles. The summed E-state index contributed by atoms with van der Waals surface area (Å²) in [5.74, 6) is 0.823. The minimum atomic E-state index is -1.43. The third-order valence-corrected chi connectivity index (χ3v) is 7.86. The maximum Gasteiger partial charge on any atom is 0.261 e. The fraction of sp³-hybridized carbons (Fsp3) is 0.609. The zero-order chi connectivity index (χ0) is 22.6. The molecule has 31 heavy (non-hydrogen) atoms. The fourth-order valence-corrected chi connectivity index (χ4v) is 4.84. The Morgan fingerprint density at radius 1 is 1.29 bits per heavy atom. The van der Waals surface area contributed by atoms with E-state index in [0.29, 0.717) is 40.4 Å². The lowest BCUT2D eigenvalue weighted by molar-refractivity contribution is 0.0519. The quantitative estimate of drug-likeness (QED) is 0.614. The summed E-state index contributed by atoms with van der Waals surface area (Å²) in [6.07, 6.45) is 3.62. The summed E-state index contributed by atoms with van der Waals surface area (Å²) in [6, 6.07) is 3.66. The first-order chi connectivity index (χ1) is 14.5. The number of rotatable bonds is 4. The number of hydrogen-bond acceptors (Lipinski definition) is 4. The van der Waals surface area contributed by atoms with Gasteiger partial charge in [-0.05, 0) is 65.5 Å². The van der Waals surface area contributed by atoms with E-state index in [4.69, 9.17) is 21.3 Å². The molecule has 1 aromatic carbocycles. The standard InChI is InChI=1S/C23H30ClN3O3S/c1-14(26-31(29)22(2,3)4)17-12-15(24)13-18-19(17)25-21(23(5)8-10-30-11-9-23)27(20(18)28)16-6-7-16/h12-13,16H,6-11H2,1-5H3/t31-/m1/s1. The molecule has 2 fully saturated rings. The molecule has 168 valence electrons. The molecule has 2 heterocycles. The van der Waals surface area contributed by atoms with E-state index in [1.54, 1.807) is 19.1 Å². The molecule has 4 rings (SSSR count). The van der Waals surface area contributed by atoms with Gasteiger partial charge in [-0.1, -0.05) is 18.5 Å². The lowest BCUT2D eigenvalue weighted by atomic mass is 9.81. The number of nitrogens with zero attached hydrogens (tertiary/aromatic N) is 3. The van der Waals surface area contributed by atoms with E-state index in [2.05, 4.69) is 11.3 Å². The summed E-state index contributed by atoms with van der Waals surface area (Å²) in [5.41, 5.74) is 1.53. The van der Waals surface area contributed by atoms with Gasteiger partial charge in [0.1, 0.15) is 16.8 Å². The van der Waals surface area contributed by atoms with Crippen LogP contribution in [0.2, 0.25) is 5.02 Å². The molecule has 1 saturated carbocycles. The van der Waals surface area contributed by atoms with Crippen LogP contribution in [0.25, 0.3) is 10.9 Å². The van der Waals surface area contributed by atoms with E-state index in [9.17, 15) is 9.00 Å². The van der Waals surface area contributed by atoms with Gasteiger partial charge in [0.25, 0.3) is 5.56 Å². The maximum absolute atomic E-state index is 13.7. The van der Waals surface area contributed by atoms with Gasteiger partial charge in [-0.2, -0.15) is 4.40 Å². The van der Waals surface area contributed by atoms with Gasteiger partial charge in [0.05, 0.1) is 21.4 Å². The number of hydrogen-bond donors (Lipinski definition) is 0. The Bertz CT molecular complexity index is 1140. The van der Waals surface area contributed by atoms with Crippen molar-refractivity contribution in [3.8, 4) is 0 Å². The molecule has 1 atom stereocenters. The largest absolute Gasteiger partial charge is 0.381 e. The molecule has 6 nitrogen and oxygen atoms in total. The molecular weight excluding hydrogens is 434 g/mol. The van der Waals surface area contributed by atoms with Crippen molar-refractivity contribution in [2.45, 2.75) is 76.5 Å².